The molecule has 2 aromatic heterocycles. The van der Waals surface area contributed by atoms with E-state index in [2.05, 4.69) is 36.3 Å². The van der Waals surface area contributed by atoms with Crippen LogP contribution in [0.25, 0.3) is 22.6 Å². The maximum Gasteiger partial charge on any atom is 0.265 e. The number of fused-ring (bicyclic) bond motifs is 1. The Balaban J connectivity index is 1.62. The second kappa shape index (κ2) is 7.37. The molecule has 5 heteroatoms. The van der Waals surface area contributed by atoms with Gasteiger partial charge >= 0.3 is 0 Å². The maximum absolute atomic E-state index is 12.3. The van der Waals surface area contributed by atoms with Crippen LogP contribution in [-0.4, -0.2) is 10.9 Å². The smallest absolute Gasteiger partial charge is 0.265 e. The van der Waals surface area contributed by atoms with E-state index in [9.17, 15) is 4.79 Å². The second-order valence-electron chi connectivity index (χ2n) is 6.57. The Hall–Kier alpha value is -2.92. The average molecular weight is 376 g/mol. The molecule has 4 rings (SSSR count). The van der Waals surface area contributed by atoms with Gasteiger partial charge in [0, 0.05) is 11.3 Å². The van der Waals surface area contributed by atoms with E-state index in [4.69, 9.17) is 4.42 Å². The van der Waals surface area contributed by atoms with E-state index in [1.165, 1.54) is 16.9 Å². The normalized spacial score (nSPS) is 12.2. The van der Waals surface area contributed by atoms with Crippen LogP contribution in [0.5, 0.6) is 0 Å². The summed E-state index contributed by atoms with van der Waals surface area (Å²) in [5.74, 6) is 0.932. The molecule has 0 aliphatic carbocycles. The Morgan fingerprint density at radius 1 is 1.19 bits per heavy atom. The first-order chi connectivity index (χ1) is 13.1. The molecule has 1 atom stereocenters. The number of amides is 1. The number of rotatable bonds is 5. The highest BCUT2D eigenvalue weighted by molar-refractivity contribution is 7.12. The van der Waals surface area contributed by atoms with Crippen LogP contribution in [-0.2, 0) is 0 Å². The molecular weight excluding hydrogens is 356 g/mol. The van der Waals surface area contributed by atoms with E-state index < -0.39 is 0 Å². The number of carbonyl (C=O) groups excluding carboxylic acids is 1. The monoisotopic (exact) mass is 376 g/mol. The van der Waals surface area contributed by atoms with Crippen LogP contribution in [0, 0.1) is 0 Å². The Bertz CT molecular complexity index is 1080. The molecular formula is C22H20N2O2S. The fourth-order valence-electron chi connectivity index (χ4n) is 2.94. The van der Waals surface area contributed by atoms with Crippen molar-refractivity contribution in [2.24, 2.45) is 0 Å². The topological polar surface area (TPSA) is 55.1 Å². The van der Waals surface area contributed by atoms with E-state index in [1.807, 2.05) is 41.8 Å². The minimum Gasteiger partial charge on any atom is -0.436 e. The minimum atomic E-state index is -0.113. The van der Waals surface area contributed by atoms with Crippen molar-refractivity contribution in [2.75, 3.05) is 5.32 Å². The zero-order valence-corrected chi connectivity index (χ0v) is 16.0. The van der Waals surface area contributed by atoms with Crippen LogP contribution in [0.4, 0.5) is 5.69 Å². The molecule has 0 fully saturated rings. The highest BCUT2D eigenvalue weighted by Crippen LogP contribution is 2.29. The molecule has 2 heterocycles. The summed E-state index contributed by atoms with van der Waals surface area (Å²) in [7, 11) is 0. The molecule has 4 aromatic rings. The molecule has 0 aliphatic rings. The van der Waals surface area contributed by atoms with Gasteiger partial charge in [0.05, 0.1) is 4.88 Å². The number of nitrogens with one attached hydrogen (secondary N) is 1. The Morgan fingerprint density at radius 3 is 2.85 bits per heavy atom. The van der Waals surface area contributed by atoms with Crippen LogP contribution in [0.15, 0.2) is 64.4 Å². The third kappa shape index (κ3) is 3.64. The van der Waals surface area contributed by atoms with E-state index in [1.54, 1.807) is 6.07 Å². The predicted octanol–water partition coefficient (Wildman–Crippen LogP) is 6.32. The molecule has 0 bridgehead atoms. The lowest BCUT2D eigenvalue weighted by molar-refractivity contribution is 0.103. The van der Waals surface area contributed by atoms with E-state index in [0.29, 0.717) is 22.4 Å². The average Bonchev–Trinajstić information content (AvgIpc) is 3.36. The third-order valence-electron chi connectivity index (χ3n) is 4.71. The summed E-state index contributed by atoms with van der Waals surface area (Å²) in [6, 6.07) is 17.4. The highest BCUT2D eigenvalue weighted by atomic mass is 32.1. The van der Waals surface area contributed by atoms with Crippen molar-refractivity contribution in [3.8, 4) is 11.5 Å². The lowest BCUT2D eigenvalue weighted by Crippen LogP contribution is -2.09. The van der Waals surface area contributed by atoms with Crippen LogP contribution < -0.4 is 5.32 Å². The van der Waals surface area contributed by atoms with Gasteiger partial charge in [-0.25, -0.2) is 4.98 Å². The van der Waals surface area contributed by atoms with Gasteiger partial charge in [-0.15, -0.1) is 11.3 Å². The minimum absolute atomic E-state index is 0.113. The van der Waals surface area contributed by atoms with Crippen molar-refractivity contribution in [2.45, 2.75) is 26.2 Å². The molecule has 136 valence electrons. The summed E-state index contributed by atoms with van der Waals surface area (Å²) in [4.78, 5) is 17.6. The molecule has 0 spiro atoms. The number of nitrogens with zero attached hydrogens (tertiary/aromatic N) is 1. The zero-order chi connectivity index (χ0) is 18.8. The third-order valence-corrected chi connectivity index (χ3v) is 5.57. The maximum atomic E-state index is 12.3. The summed E-state index contributed by atoms with van der Waals surface area (Å²) >= 11 is 1.42. The SMILES string of the molecule is CC[C@@H](C)c1ccc2oc(-c3cccc(NC(=O)c4cccs4)c3)nc2c1. The number of anilines is 1. The number of carbonyl (C=O) groups is 1. The number of thiophene rings is 1. The Labute approximate surface area is 161 Å². The van der Waals surface area contributed by atoms with Gasteiger partial charge in [0.25, 0.3) is 5.91 Å². The summed E-state index contributed by atoms with van der Waals surface area (Å²) < 4.78 is 5.93. The molecule has 2 aromatic carbocycles. The molecule has 0 aliphatic heterocycles. The standard InChI is InChI=1S/C22H20N2O2S/c1-3-14(2)15-9-10-19-18(13-15)24-22(26-19)16-6-4-7-17(12-16)23-21(25)20-8-5-11-27-20/h4-14H,3H2,1-2H3,(H,23,25)/t14-/m1/s1. The number of hydrogen-bond acceptors (Lipinski definition) is 4. The molecule has 1 amide bonds. The fourth-order valence-corrected chi connectivity index (χ4v) is 3.56. The van der Waals surface area contributed by atoms with Crippen molar-refractivity contribution in [1.82, 2.24) is 4.98 Å². The second-order valence-corrected chi connectivity index (χ2v) is 7.52. The first-order valence-corrected chi connectivity index (χ1v) is 9.88. The van der Waals surface area contributed by atoms with Crippen LogP contribution in [0.2, 0.25) is 0 Å². The quantitative estimate of drug-likeness (QED) is 0.443. The van der Waals surface area contributed by atoms with Crippen molar-refractivity contribution in [1.29, 1.82) is 0 Å². The number of benzene rings is 2. The first-order valence-electron chi connectivity index (χ1n) is 9.00. The summed E-state index contributed by atoms with van der Waals surface area (Å²) in [6.45, 7) is 4.39. The van der Waals surface area contributed by atoms with Gasteiger partial charge in [0.1, 0.15) is 5.52 Å². The molecule has 1 N–H and O–H groups in total. The van der Waals surface area contributed by atoms with Gasteiger partial charge in [0.15, 0.2) is 5.58 Å². The zero-order valence-electron chi connectivity index (χ0n) is 15.2. The summed E-state index contributed by atoms with van der Waals surface area (Å²) in [5, 5.41) is 4.81. The van der Waals surface area contributed by atoms with Crippen molar-refractivity contribution >= 4 is 34.0 Å². The van der Waals surface area contributed by atoms with E-state index in [-0.39, 0.29) is 5.91 Å². The Morgan fingerprint density at radius 2 is 2.07 bits per heavy atom. The predicted molar refractivity (Wildman–Crippen MR) is 110 cm³/mol. The lowest BCUT2D eigenvalue weighted by Gasteiger charge is -2.07. The molecule has 27 heavy (non-hydrogen) atoms. The van der Waals surface area contributed by atoms with Crippen molar-refractivity contribution in [3.63, 3.8) is 0 Å². The number of aromatic nitrogens is 1. The van der Waals surface area contributed by atoms with Crippen molar-refractivity contribution < 1.29 is 9.21 Å². The fraction of sp³-hybridized carbons (Fsp3) is 0.182. The Kier molecular flexibility index (Phi) is 4.77. The summed E-state index contributed by atoms with van der Waals surface area (Å²) in [5.41, 5.74) is 4.44. The highest BCUT2D eigenvalue weighted by Gasteiger charge is 2.12. The van der Waals surface area contributed by atoms with E-state index >= 15 is 0 Å². The van der Waals surface area contributed by atoms with Crippen LogP contribution >= 0.6 is 11.3 Å². The number of oxazole rings is 1. The first kappa shape index (κ1) is 17.5. The van der Waals surface area contributed by atoms with Crippen molar-refractivity contribution in [3.05, 3.63) is 70.4 Å². The van der Waals surface area contributed by atoms with Crippen LogP contribution in [0.1, 0.15) is 41.4 Å². The number of hydrogen-bond donors (Lipinski definition) is 1. The molecule has 0 unspecified atom stereocenters. The molecule has 0 saturated carbocycles. The molecule has 4 nitrogen and oxygen atoms in total. The van der Waals surface area contributed by atoms with Gasteiger partial charge in [-0.3, -0.25) is 4.79 Å². The molecule has 0 radical (unpaired) electrons. The van der Waals surface area contributed by atoms with E-state index in [0.717, 1.165) is 23.1 Å². The van der Waals surface area contributed by atoms with Gasteiger partial charge in [-0.05, 0) is 59.7 Å². The van der Waals surface area contributed by atoms with Crippen LogP contribution in [0.3, 0.4) is 0 Å². The van der Waals surface area contributed by atoms with Gasteiger partial charge in [-0.2, -0.15) is 0 Å². The molecule has 0 saturated heterocycles. The largest absolute Gasteiger partial charge is 0.436 e. The summed E-state index contributed by atoms with van der Waals surface area (Å²) in [6.07, 6.45) is 1.09. The van der Waals surface area contributed by atoms with Gasteiger partial charge in [0.2, 0.25) is 5.89 Å². The lowest BCUT2D eigenvalue weighted by atomic mass is 9.98. The van der Waals surface area contributed by atoms with Gasteiger partial charge in [-0.1, -0.05) is 32.0 Å². The van der Waals surface area contributed by atoms with Gasteiger partial charge < -0.3 is 9.73 Å².